The average molecular weight is 434 g/mol. The van der Waals surface area contributed by atoms with Gasteiger partial charge in [0.25, 0.3) is 0 Å². The SMILES string of the molecule is CCOC(=O)OCC(CCCCCCCCCC(=O)O)(COC(=O)OCC)C(=O)O. The predicted molar refractivity (Wildman–Crippen MR) is 105 cm³/mol. The third-order valence-electron chi connectivity index (χ3n) is 4.46. The van der Waals surface area contributed by atoms with Gasteiger partial charge < -0.3 is 29.2 Å². The van der Waals surface area contributed by atoms with Crippen molar-refractivity contribution in [1.29, 1.82) is 0 Å². The van der Waals surface area contributed by atoms with Crippen molar-refractivity contribution in [2.75, 3.05) is 26.4 Å². The number of carbonyl (C=O) groups is 4. The molecule has 0 amide bonds. The lowest BCUT2D eigenvalue weighted by atomic mass is 9.84. The summed E-state index contributed by atoms with van der Waals surface area (Å²) in [5.74, 6) is -2.04. The fraction of sp³-hybridized carbons (Fsp3) is 0.800. The van der Waals surface area contributed by atoms with E-state index in [1.54, 1.807) is 13.8 Å². The van der Waals surface area contributed by atoms with E-state index in [1.807, 2.05) is 0 Å². The molecule has 30 heavy (non-hydrogen) atoms. The normalized spacial score (nSPS) is 10.9. The number of ether oxygens (including phenoxy) is 4. The molecule has 0 rings (SSSR count). The van der Waals surface area contributed by atoms with Crippen LogP contribution in [0.5, 0.6) is 0 Å². The molecule has 0 unspecified atom stereocenters. The van der Waals surface area contributed by atoms with Crippen LogP contribution in [0.4, 0.5) is 9.59 Å². The second-order valence-corrected chi connectivity index (χ2v) is 6.90. The first kappa shape index (κ1) is 27.5. The van der Waals surface area contributed by atoms with Crippen molar-refractivity contribution < 1.29 is 48.3 Å². The molecule has 0 saturated heterocycles. The van der Waals surface area contributed by atoms with Crippen LogP contribution in [0.15, 0.2) is 0 Å². The van der Waals surface area contributed by atoms with E-state index < -0.39 is 42.9 Å². The third kappa shape index (κ3) is 12.8. The molecule has 0 aliphatic heterocycles. The Hall–Kier alpha value is -2.52. The van der Waals surface area contributed by atoms with Crippen LogP contribution in [0.3, 0.4) is 0 Å². The van der Waals surface area contributed by atoms with Crippen molar-refractivity contribution in [2.24, 2.45) is 5.41 Å². The monoisotopic (exact) mass is 434 g/mol. The molecule has 0 aliphatic rings. The Labute approximate surface area is 176 Å². The molecule has 0 aromatic rings. The molecule has 0 aromatic carbocycles. The first-order valence-electron chi connectivity index (χ1n) is 10.3. The molecule has 2 N–H and O–H groups in total. The highest BCUT2D eigenvalue weighted by Crippen LogP contribution is 2.28. The topological polar surface area (TPSA) is 146 Å². The number of unbranched alkanes of at least 4 members (excludes halogenated alkanes) is 6. The number of carboxylic acid groups (broad SMARTS) is 2. The maximum Gasteiger partial charge on any atom is 0.508 e. The summed E-state index contributed by atoms with van der Waals surface area (Å²) in [6.07, 6.45) is 3.78. The molecule has 0 bridgehead atoms. The Bertz CT molecular complexity index is 510. The molecular weight excluding hydrogens is 400 g/mol. The fourth-order valence-electron chi connectivity index (χ4n) is 2.75. The van der Waals surface area contributed by atoms with Crippen molar-refractivity contribution in [1.82, 2.24) is 0 Å². The summed E-state index contributed by atoms with van der Waals surface area (Å²) < 4.78 is 19.2. The third-order valence-corrected chi connectivity index (χ3v) is 4.46. The van der Waals surface area contributed by atoms with Crippen LogP contribution in [0.2, 0.25) is 0 Å². The second-order valence-electron chi connectivity index (χ2n) is 6.90. The van der Waals surface area contributed by atoms with Gasteiger partial charge in [-0.05, 0) is 26.7 Å². The van der Waals surface area contributed by atoms with E-state index >= 15 is 0 Å². The summed E-state index contributed by atoms with van der Waals surface area (Å²) in [7, 11) is 0. The minimum absolute atomic E-state index is 0.0880. The predicted octanol–water partition coefficient (Wildman–Crippen LogP) is 4.00. The molecule has 0 aliphatic carbocycles. The van der Waals surface area contributed by atoms with E-state index in [0.717, 1.165) is 32.1 Å². The fourth-order valence-corrected chi connectivity index (χ4v) is 2.75. The van der Waals surface area contributed by atoms with Gasteiger partial charge in [0.15, 0.2) is 0 Å². The second kappa shape index (κ2) is 16.3. The van der Waals surface area contributed by atoms with Gasteiger partial charge in [-0.3, -0.25) is 9.59 Å². The lowest BCUT2D eigenvalue weighted by Gasteiger charge is -2.28. The van der Waals surface area contributed by atoms with Gasteiger partial charge >= 0.3 is 24.2 Å². The molecule has 0 radical (unpaired) electrons. The van der Waals surface area contributed by atoms with Crippen LogP contribution in [-0.4, -0.2) is 60.9 Å². The van der Waals surface area contributed by atoms with E-state index in [4.69, 9.17) is 14.6 Å². The first-order valence-corrected chi connectivity index (χ1v) is 10.3. The molecule has 0 aromatic heterocycles. The van der Waals surface area contributed by atoms with E-state index in [0.29, 0.717) is 12.8 Å². The first-order chi connectivity index (χ1) is 14.3. The number of carboxylic acids is 2. The van der Waals surface area contributed by atoms with E-state index in [-0.39, 0.29) is 26.1 Å². The van der Waals surface area contributed by atoms with Crippen LogP contribution >= 0.6 is 0 Å². The van der Waals surface area contributed by atoms with Gasteiger partial charge in [-0.2, -0.15) is 0 Å². The Balaban J connectivity index is 4.61. The smallest absolute Gasteiger partial charge is 0.481 e. The van der Waals surface area contributed by atoms with Crippen LogP contribution < -0.4 is 0 Å². The molecule has 0 heterocycles. The Morgan fingerprint density at radius 1 is 0.667 bits per heavy atom. The van der Waals surface area contributed by atoms with Gasteiger partial charge in [-0.1, -0.05) is 38.5 Å². The lowest BCUT2D eigenvalue weighted by molar-refractivity contribution is -0.156. The molecule has 0 spiro atoms. The summed E-state index contributed by atoms with van der Waals surface area (Å²) in [6, 6.07) is 0. The molecule has 10 nitrogen and oxygen atoms in total. The number of hydrogen-bond acceptors (Lipinski definition) is 8. The number of hydrogen-bond donors (Lipinski definition) is 2. The van der Waals surface area contributed by atoms with Crippen molar-refractivity contribution >= 4 is 24.2 Å². The Morgan fingerprint density at radius 3 is 1.50 bits per heavy atom. The quantitative estimate of drug-likeness (QED) is 0.254. The van der Waals surface area contributed by atoms with E-state index in [9.17, 15) is 24.3 Å². The minimum atomic E-state index is -1.60. The number of aliphatic carboxylic acids is 2. The van der Waals surface area contributed by atoms with Gasteiger partial charge in [0.05, 0.1) is 13.2 Å². The average Bonchev–Trinajstić information content (AvgIpc) is 2.68. The van der Waals surface area contributed by atoms with Crippen molar-refractivity contribution in [2.45, 2.75) is 71.6 Å². The summed E-state index contributed by atoms with van der Waals surface area (Å²) in [5, 5.41) is 18.3. The van der Waals surface area contributed by atoms with Crippen molar-refractivity contribution in [3.8, 4) is 0 Å². The van der Waals surface area contributed by atoms with Crippen molar-refractivity contribution in [3.05, 3.63) is 0 Å². The molecular formula is C20H34O10. The highest BCUT2D eigenvalue weighted by molar-refractivity contribution is 5.76. The Kier molecular flexibility index (Phi) is 14.9. The standard InChI is InChI=1S/C20H34O10/c1-3-27-18(25)29-14-20(17(23)24,15-30-19(26)28-4-2)13-11-9-7-5-6-8-10-12-16(21)22/h3-15H2,1-2H3,(H,21,22)(H,23,24). The van der Waals surface area contributed by atoms with Crippen LogP contribution in [-0.2, 0) is 28.5 Å². The summed E-state index contributed by atoms with van der Waals surface area (Å²) in [5.41, 5.74) is -1.60. The number of rotatable bonds is 17. The highest BCUT2D eigenvalue weighted by Gasteiger charge is 2.42. The maximum atomic E-state index is 11.9. The highest BCUT2D eigenvalue weighted by atomic mass is 16.7. The van der Waals surface area contributed by atoms with Crippen LogP contribution in [0, 0.1) is 5.41 Å². The number of carbonyl (C=O) groups excluding carboxylic acids is 2. The van der Waals surface area contributed by atoms with E-state index in [2.05, 4.69) is 9.47 Å². The van der Waals surface area contributed by atoms with Gasteiger partial charge in [0, 0.05) is 6.42 Å². The zero-order valence-corrected chi connectivity index (χ0v) is 17.9. The Morgan fingerprint density at radius 2 is 1.10 bits per heavy atom. The van der Waals surface area contributed by atoms with Gasteiger partial charge in [-0.25, -0.2) is 9.59 Å². The van der Waals surface area contributed by atoms with Crippen LogP contribution in [0.25, 0.3) is 0 Å². The van der Waals surface area contributed by atoms with Crippen LogP contribution in [0.1, 0.15) is 71.6 Å². The zero-order chi connectivity index (χ0) is 22.8. The zero-order valence-electron chi connectivity index (χ0n) is 17.9. The minimum Gasteiger partial charge on any atom is -0.481 e. The van der Waals surface area contributed by atoms with Gasteiger partial charge in [0.2, 0.25) is 0 Å². The van der Waals surface area contributed by atoms with Gasteiger partial charge in [-0.15, -0.1) is 0 Å². The lowest BCUT2D eigenvalue weighted by Crippen LogP contribution is -2.42. The molecule has 10 heteroatoms. The van der Waals surface area contributed by atoms with Crippen molar-refractivity contribution in [3.63, 3.8) is 0 Å². The molecule has 174 valence electrons. The summed E-state index contributed by atoms with van der Waals surface area (Å²) in [6.45, 7) is 2.38. The molecule has 0 atom stereocenters. The summed E-state index contributed by atoms with van der Waals surface area (Å²) in [4.78, 5) is 45.4. The van der Waals surface area contributed by atoms with Gasteiger partial charge in [0.1, 0.15) is 18.6 Å². The summed E-state index contributed by atoms with van der Waals surface area (Å²) >= 11 is 0. The van der Waals surface area contributed by atoms with E-state index in [1.165, 1.54) is 0 Å². The maximum absolute atomic E-state index is 11.9. The molecule has 0 saturated carbocycles. The molecule has 0 fully saturated rings. The largest absolute Gasteiger partial charge is 0.508 e.